The monoisotopic (exact) mass is 445 g/mol. The second-order valence-corrected chi connectivity index (χ2v) is 8.70. The number of aliphatic imine (C=N–C) groups is 2. The number of nitrogens with zero attached hydrogens (tertiary/aromatic N) is 3. The normalized spacial score (nSPS) is 35.1. The molecule has 28 heavy (non-hydrogen) atoms. The Morgan fingerprint density at radius 3 is 2.61 bits per heavy atom. The highest BCUT2D eigenvalue weighted by molar-refractivity contribution is 7.60. The number of carbonyl (C=O) groups excluding carboxylic acids is 1. The molecule has 0 bridgehead atoms. The number of carbonyl (C=O) groups is 1. The second-order valence-electron chi connectivity index (χ2n) is 5.87. The predicted octanol–water partition coefficient (Wildman–Crippen LogP) is -3.86. The summed E-state index contributed by atoms with van der Waals surface area (Å²) in [5.74, 6) is -0.546. The first-order valence-electron chi connectivity index (χ1n) is 7.59. The van der Waals surface area contributed by atoms with Crippen molar-refractivity contribution in [2.24, 2.45) is 15.7 Å². The standard InChI is InChI=1S/C10H17N5O11P2/c11-10-13-7-4(8(18)14-10)12-2-15(7)9-6(17)5(16)3(25-9)1-24-28(22,23)26-27(19,20)21/h3,5-6,9-10,16-17H,1-2,11H2,(H,14,18)(H,22,23)(H2,19,20,21)/t3-,5-,6-,9-,10+/m1/s1. The molecule has 0 aliphatic carbocycles. The van der Waals surface area contributed by atoms with E-state index in [-0.39, 0.29) is 18.2 Å². The third-order valence-electron chi connectivity index (χ3n) is 3.88. The topological polar surface area (TPSA) is 246 Å². The van der Waals surface area contributed by atoms with E-state index in [2.05, 4.69) is 24.1 Å². The van der Waals surface area contributed by atoms with Gasteiger partial charge in [-0.25, -0.2) is 14.1 Å². The van der Waals surface area contributed by atoms with Gasteiger partial charge in [0.1, 0.15) is 25.0 Å². The summed E-state index contributed by atoms with van der Waals surface area (Å²) < 4.78 is 35.5. The Labute approximate surface area is 156 Å². The molecule has 3 heterocycles. The molecule has 1 unspecified atom stereocenters. The van der Waals surface area contributed by atoms with Gasteiger partial charge in [-0.2, -0.15) is 4.31 Å². The number of rotatable bonds is 6. The van der Waals surface area contributed by atoms with Crippen molar-refractivity contribution in [3.8, 4) is 0 Å². The van der Waals surface area contributed by atoms with E-state index in [0.717, 1.165) is 0 Å². The number of hydrogen-bond donors (Lipinski definition) is 7. The lowest BCUT2D eigenvalue weighted by Gasteiger charge is -2.29. The minimum Gasteiger partial charge on any atom is -0.387 e. The fraction of sp³-hybridized carbons (Fsp3) is 0.700. The minimum absolute atomic E-state index is 0.0340. The third kappa shape index (κ3) is 4.48. The van der Waals surface area contributed by atoms with Crippen LogP contribution in [0.3, 0.4) is 0 Å². The Balaban J connectivity index is 1.67. The number of phosphoric acid groups is 2. The summed E-state index contributed by atoms with van der Waals surface area (Å²) in [6.07, 6.45) is -6.86. The van der Waals surface area contributed by atoms with Crippen molar-refractivity contribution in [3.63, 3.8) is 0 Å². The first-order valence-corrected chi connectivity index (χ1v) is 10.6. The van der Waals surface area contributed by atoms with Crippen LogP contribution in [0.5, 0.6) is 0 Å². The van der Waals surface area contributed by atoms with Crippen LogP contribution >= 0.6 is 15.6 Å². The molecular weight excluding hydrogens is 428 g/mol. The molecule has 0 aromatic rings. The van der Waals surface area contributed by atoms with Crippen LogP contribution in [-0.4, -0.2) is 91.4 Å². The van der Waals surface area contributed by atoms with Gasteiger partial charge < -0.3 is 39.8 Å². The number of amidine groups is 1. The lowest BCUT2D eigenvalue weighted by molar-refractivity contribution is -0.115. The smallest absolute Gasteiger partial charge is 0.387 e. The molecule has 1 fully saturated rings. The highest BCUT2D eigenvalue weighted by Gasteiger charge is 2.50. The number of aliphatic hydroxyl groups is 2. The van der Waals surface area contributed by atoms with Gasteiger partial charge in [0.05, 0.1) is 6.61 Å². The van der Waals surface area contributed by atoms with Gasteiger partial charge in [0.25, 0.3) is 5.91 Å². The van der Waals surface area contributed by atoms with Gasteiger partial charge in [0.15, 0.2) is 24.1 Å². The van der Waals surface area contributed by atoms with Gasteiger partial charge in [0.2, 0.25) is 0 Å². The molecule has 18 heteroatoms. The summed E-state index contributed by atoms with van der Waals surface area (Å²) in [7, 11) is -10.5. The minimum atomic E-state index is -5.31. The van der Waals surface area contributed by atoms with Crippen LogP contribution in [-0.2, 0) is 27.5 Å². The van der Waals surface area contributed by atoms with Crippen molar-refractivity contribution < 1.29 is 52.4 Å². The molecule has 0 aromatic carbocycles. The highest BCUT2D eigenvalue weighted by atomic mass is 31.3. The first kappa shape index (κ1) is 21.4. The van der Waals surface area contributed by atoms with Gasteiger partial charge in [-0.15, -0.1) is 0 Å². The summed E-state index contributed by atoms with van der Waals surface area (Å²) in [5, 5.41) is 22.6. The lowest BCUT2D eigenvalue weighted by atomic mass is 10.1. The zero-order chi connectivity index (χ0) is 20.9. The SMILES string of the molecule is N[C@H]1N=C2C(=NCN2[C@@H]2O[C@H](COP(=O)(O)OP(=O)(O)O)[C@@H](O)[C@H]2O)C(=O)N1. The summed E-state index contributed by atoms with van der Waals surface area (Å²) in [5.41, 5.74) is 5.53. The molecule has 3 aliphatic heterocycles. The van der Waals surface area contributed by atoms with Crippen molar-refractivity contribution in [2.45, 2.75) is 30.8 Å². The quantitative estimate of drug-likeness (QED) is 0.194. The molecule has 1 saturated heterocycles. The number of nitrogens with two attached hydrogens (primary N) is 1. The zero-order valence-corrected chi connectivity index (χ0v) is 15.6. The van der Waals surface area contributed by atoms with Crippen LogP contribution in [0.15, 0.2) is 9.98 Å². The van der Waals surface area contributed by atoms with Gasteiger partial charge in [0, 0.05) is 0 Å². The summed E-state index contributed by atoms with van der Waals surface area (Å²) in [6.45, 7) is -0.993. The summed E-state index contributed by atoms with van der Waals surface area (Å²) in [4.78, 5) is 47.4. The van der Waals surface area contributed by atoms with E-state index in [1.165, 1.54) is 4.90 Å². The van der Waals surface area contributed by atoms with E-state index >= 15 is 0 Å². The molecular formula is C10H17N5O11P2. The van der Waals surface area contributed by atoms with Crippen LogP contribution < -0.4 is 11.1 Å². The van der Waals surface area contributed by atoms with Crippen LogP contribution in [0.4, 0.5) is 0 Å². The summed E-state index contributed by atoms with van der Waals surface area (Å²) >= 11 is 0. The van der Waals surface area contributed by atoms with E-state index < -0.39 is 59.0 Å². The highest BCUT2D eigenvalue weighted by Crippen LogP contribution is 2.57. The number of phosphoric ester groups is 1. The molecule has 1 amide bonds. The maximum Gasteiger partial charge on any atom is 0.481 e. The second kappa shape index (κ2) is 7.51. The van der Waals surface area contributed by atoms with Crippen LogP contribution in [0.2, 0.25) is 0 Å². The molecule has 6 atom stereocenters. The molecule has 3 aliphatic rings. The average Bonchev–Trinajstić information content (AvgIpc) is 3.06. The summed E-state index contributed by atoms with van der Waals surface area (Å²) in [6, 6.07) is 0. The molecule has 16 nitrogen and oxygen atoms in total. The fourth-order valence-electron chi connectivity index (χ4n) is 2.75. The van der Waals surface area contributed by atoms with Crippen molar-refractivity contribution in [1.82, 2.24) is 10.2 Å². The molecule has 0 saturated carbocycles. The largest absolute Gasteiger partial charge is 0.481 e. The van der Waals surface area contributed by atoms with E-state index in [1.54, 1.807) is 0 Å². The molecule has 8 N–H and O–H groups in total. The van der Waals surface area contributed by atoms with E-state index in [1.807, 2.05) is 0 Å². The number of ether oxygens (including phenoxy) is 1. The molecule has 158 valence electrons. The average molecular weight is 445 g/mol. The predicted molar refractivity (Wildman–Crippen MR) is 87.3 cm³/mol. The van der Waals surface area contributed by atoms with E-state index in [4.69, 9.17) is 20.3 Å². The number of hydrogen-bond acceptors (Lipinski definition) is 12. The van der Waals surface area contributed by atoms with Crippen molar-refractivity contribution in [1.29, 1.82) is 0 Å². The third-order valence-corrected chi connectivity index (χ3v) is 6.03. The first-order chi connectivity index (χ1) is 12.9. The van der Waals surface area contributed by atoms with Crippen molar-refractivity contribution >= 4 is 33.1 Å². The number of fused-ring (bicyclic) bond motifs is 1. The number of amides is 1. The number of aliphatic hydroxyl groups excluding tert-OH is 2. The van der Waals surface area contributed by atoms with Gasteiger partial charge >= 0.3 is 15.6 Å². The maximum atomic E-state index is 11.8. The Hall–Kier alpha value is -1.29. The number of nitrogens with one attached hydrogen (secondary N) is 1. The molecule has 0 aromatic heterocycles. The lowest BCUT2D eigenvalue weighted by Crippen LogP contribution is -2.55. The van der Waals surface area contributed by atoms with Crippen molar-refractivity contribution in [3.05, 3.63) is 0 Å². The fourth-order valence-corrected chi connectivity index (χ4v) is 4.35. The van der Waals surface area contributed by atoms with E-state index in [9.17, 15) is 29.0 Å². The Morgan fingerprint density at radius 2 is 1.96 bits per heavy atom. The van der Waals surface area contributed by atoms with Gasteiger partial charge in [-0.05, 0) is 0 Å². The maximum absolute atomic E-state index is 11.8. The van der Waals surface area contributed by atoms with Crippen LogP contribution in [0.25, 0.3) is 0 Å². The molecule has 0 spiro atoms. The van der Waals surface area contributed by atoms with Crippen LogP contribution in [0.1, 0.15) is 0 Å². The van der Waals surface area contributed by atoms with Crippen LogP contribution in [0, 0.1) is 0 Å². The van der Waals surface area contributed by atoms with Gasteiger partial charge in [-0.3, -0.25) is 20.0 Å². The Bertz CT molecular complexity index is 814. The van der Waals surface area contributed by atoms with E-state index in [0.29, 0.717) is 0 Å². The molecule has 3 rings (SSSR count). The molecule has 0 radical (unpaired) electrons. The van der Waals surface area contributed by atoms with Crippen molar-refractivity contribution in [2.75, 3.05) is 13.3 Å². The zero-order valence-electron chi connectivity index (χ0n) is 13.8. The Kier molecular flexibility index (Phi) is 5.75. The van der Waals surface area contributed by atoms with Gasteiger partial charge in [-0.1, -0.05) is 0 Å². The Morgan fingerprint density at radius 1 is 1.29 bits per heavy atom.